The summed E-state index contributed by atoms with van der Waals surface area (Å²) in [6.07, 6.45) is 14.3. The minimum atomic E-state index is 0.520. The summed E-state index contributed by atoms with van der Waals surface area (Å²) >= 11 is 0. The summed E-state index contributed by atoms with van der Waals surface area (Å²) in [7, 11) is 0. The van der Waals surface area contributed by atoms with Gasteiger partial charge in [0.1, 0.15) is 0 Å². The van der Waals surface area contributed by atoms with Gasteiger partial charge in [0.25, 0.3) is 0 Å². The lowest BCUT2D eigenvalue weighted by atomic mass is 10.1. The van der Waals surface area contributed by atoms with Gasteiger partial charge in [0.15, 0.2) is 0 Å². The molecule has 1 nitrogen and oxygen atoms in total. The van der Waals surface area contributed by atoms with Gasteiger partial charge in [-0.25, -0.2) is 0 Å². The van der Waals surface area contributed by atoms with Crippen LogP contribution >= 0.6 is 0 Å². The summed E-state index contributed by atoms with van der Waals surface area (Å²) in [6, 6.07) is 0. The van der Waals surface area contributed by atoms with Crippen LogP contribution in [-0.4, -0.2) is 4.57 Å². The molecule has 0 aliphatic heterocycles. The van der Waals surface area contributed by atoms with Gasteiger partial charge in [-0.3, -0.25) is 0 Å². The molecule has 0 saturated heterocycles. The van der Waals surface area contributed by atoms with Gasteiger partial charge in [-0.15, -0.1) is 0 Å². The van der Waals surface area contributed by atoms with E-state index in [0.29, 0.717) is 5.92 Å². The Kier molecular flexibility index (Phi) is 3.94. The second-order valence-corrected chi connectivity index (χ2v) is 5.38. The molecule has 0 N–H and O–H groups in total. The molecule has 0 radical (unpaired) electrons. The maximum Gasteiger partial charge on any atom is 0.0534 e. The quantitative estimate of drug-likeness (QED) is 0.758. The molecule has 1 aromatic heterocycles. The fourth-order valence-electron chi connectivity index (χ4n) is 2.51. The normalized spacial score (nSPS) is 16.1. The van der Waals surface area contributed by atoms with Crippen LogP contribution in [-0.2, 0) is 0 Å². The van der Waals surface area contributed by atoms with E-state index in [9.17, 15) is 0 Å². The monoisotopic (exact) mass is 253 g/mol. The van der Waals surface area contributed by atoms with E-state index < -0.39 is 0 Å². The SMILES string of the molecule is C=c1/c(=C\C(C)C)c2c(n1/C(C)=C/C)C=CCC=C2. The van der Waals surface area contributed by atoms with Crippen LogP contribution in [0, 0.1) is 5.92 Å². The number of fused-ring (bicyclic) bond motifs is 1. The lowest BCUT2D eigenvalue weighted by Gasteiger charge is -2.07. The molecule has 0 unspecified atom stereocenters. The molecular formula is C18H23N. The first-order valence-corrected chi connectivity index (χ1v) is 6.98. The largest absolute Gasteiger partial charge is 0.314 e. The molecule has 1 heterocycles. The van der Waals surface area contributed by atoms with Crippen molar-refractivity contribution in [3.8, 4) is 0 Å². The average Bonchev–Trinajstić information content (AvgIpc) is 2.56. The van der Waals surface area contributed by atoms with Gasteiger partial charge in [0.2, 0.25) is 0 Å². The van der Waals surface area contributed by atoms with E-state index in [-0.39, 0.29) is 0 Å². The molecule has 1 aliphatic carbocycles. The maximum atomic E-state index is 4.30. The molecule has 1 heteroatoms. The van der Waals surface area contributed by atoms with Crippen molar-refractivity contribution in [2.75, 3.05) is 0 Å². The first-order chi connectivity index (χ1) is 9.06. The van der Waals surface area contributed by atoms with E-state index >= 15 is 0 Å². The van der Waals surface area contributed by atoms with Gasteiger partial charge in [-0.2, -0.15) is 0 Å². The van der Waals surface area contributed by atoms with Gasteiger partial charge in [-0.05, 0) is 32.3 Å². The van der Waals surface area contributed by atoms with E-state index in [2.05, 4.69) is 75.3 Å². The summed E-state index contributed by atoms with van der Waals surface area (Å²) in [5.74, 6) is 0.520. The number of hydrogen-bond donors (Lipinski definition) is 0. The van der Waals surface area contributed by atoms with Crippen molar-refractivity contribution in [2.24, 2.45) is 5.92 Å². The van der Waals surface area contributed by atoms with Gasteiger partial charge in [-0.1, -0.05) is 50.8 Å². The number of nitrogens with zero attached hydrogens (tertiary/aromatic N) is 1. The van der Waals surface area contributed by atoms with Gasteiger partial charge in [0, 0.05) is 21.8 Å². The third kappa shape index (κ3) is 2.51. The summed E-state index contributed by atoms with van der Waals surface area (Å²) in [6.45, 7) is 12.9. The third-order valence-corrected chi connectivity index (χ3v) is 3.49. The van der Waals surface area contributed by atoms with Crippen molar-refractivity contribution in [1.82, 2.24) is 4.57 Å². The molecule has 1 aromatic rings. The molecule has 0 spiro atoms. The Hall–Kier alpha value is -1.76. The highest BCUT2D eigenvalue weighted by Crippen LogP contribution is 2.16. The number of aromatic nitrogens is 1. The van der Waals surface area contributed by atoms with E-state index in [1.54, 1.807) is 0 Å². The summed E-state index contributed by atoms with van der Waals surface area (Å²) < 4.78 is 2.26. The van der Waals surface area contributed by atoms with Crippen LogP contribution in [0.15, 0.2) is 18.2 Å². The Morgan fingerprint density at radius 1 is 1.32 bits per heavy atom. The lowest BCUT2D eigenvalue weighted by Crippen LogP contribution is -2.28. The van der Waals surface area contributed by atoms with Crippen molar-refractivity contribution in [3.63, 3.8) is 0 Å². The van der Waals surface area contributed by atoms with Crippen LogP contribution in [0.25, 0.3) is 30.5 Å². The van der Waals surface area contributed by atoms with Crippen molar-refractivity contribution in [2.45, 2.75) is 34.1 Å². The molecule has 0 atom stereocenters. The van der Waals surface area contributed by atoms with Crippen LogP contribution in [0.1, 0.15) is 45.4 Å². The Labute approximate surface area is 116 Å². The number of allylic oxidation sites excluding steroid dienone is 4. The molecule has 1 aliphatic rings. The number of hydrogen-bond acceptors (Lipinski definition) is 0. The predicted molar refractivity (Wildman–Crippen MR) is 86.8 cm³/mol. The van der Waals surface area contributed by atoms with E-state index in [0.717, 1.165) is 11.8 Å². The third-order valence-electron chi connectivity index (χ3n) is 3.49. The van der Waals surface area contributed by atoms with E-state index in [4.69, 9.17) is 0 Å². The van der Waals surface area contributed by atoms with Crippen molar-refractivity contribution < 1.29 is 0 Å². The van der Waals surface area contributed by atoms with Crippen molar-refractivity contribution >= 4 is 30.5 Å². The maximum absolute atomic E-state index is 4.30. The Morgan fingerprint density at radius 2 is 2.00 bits per heavy atom. The summed E-state index contributed by atoms with van der Waals surface area (Å²) in [5, 5.41) is 2.36. The lowest BCUT2D eigenvalue weighted by molar-refractivity contribution is 0.879. The minimum Gasteiger partial charge on any atom is -0.314 e. The summed E-state index contributed by atoms with van der Waals surface area (Å²) in [5.41, 5.74) is 3.78. The number of rotatable bonds is 2. The highest BCUT2D eigenvalue weighted by atomic mass is 15.0. The molecule has 19 heavy (non-hydrogen) atoms. The zero-order valence-electron chi connectivity index (χ0n) is 12.4. The molecule has 100 valence electrons. The Balaban J connectivity index is 2.89. The van der Waals surface area contributed by atoms with Crippen LogP contribution in [0.2, 0.25) is 0 Å². The smallest absolute Gasteiger partial charge is 0.0534 e. The molecule has 0 aromatic carbocycles. The van der Waals surface area contributed by atoms with Crippen LogP contribution < -0.4 is 10.6 Å². The zero-order valence-corrected chi connectivity index (χ0v) is 12.4. The molecule has 2 rings (SSSR count). The molecule has 0 fully saturated rings. The fraction of sp³-hybridized carbons (Fsp3) is 0.333. The summed E-state index contributed by atoms with van der Waals surface area (Å²) in [4.78, 5) is 0. The fourth-order valence-corrected chi connectivity index (χ4v) is 2.51. The molecule has 0 amide bonds. The van der Waals surface area contributed by atoms with Gasteiger partial charge in [0.05, 0.1) is 5.69 Å². The first kappa shape index (κ1) is 13.7. The van der Waals surface area contributed by atoms with E-state index in [1.165, 1.54) is 22.2 Å². The average molecular weight is 253 g/mol. The second kappa shape index (κ2) is 5.48. The van der Waals surface area contributed by atoms with E-state index in [1.807, 2.05) is 0 Å². The predicted octanol–water partition coefficient (Wildman–Crippen LogP) is 3.65. The highest BCUT2D eigenvalue weighted by molar-refractivity contribution is 5.70. The van der Waals surface area contributed by atoms with Gasteiger partial charge >= 0.3 is 0 Å². The molecular weight excluding hydrogens is 230 g/mol. The standard InChI is InChI=1S/C18H23N/c1-6-14(4)19-15(5)17(12-13(2)3)16-10-8-7-9-11-18(16)19/h6,8-13H,5,7H2,1-4H3/b14-6+,17-12+. The van der Waals surface area contributed by atoms with Crippen LogP contribution in [0.4, 0.5) is 0 Å². The zero-order chi connectivity index (χ0) is 14.0. The van der Waals surface area contributed by atoms with Crippen LogP contribution in [0.5, 0.6) is 0 Å². The highest BCUT2D eigenvalue weighted by Gasteiger charge is 2.12. The van der Waals surface area contributed by atoms with Crippen molar-refractivity contribution in [1.29, 1.82) is 0 Å². The molecule has 0 saturated carbocycles. The first-order valence-electron chi connectivity index (χ1n) is 6.98. The van der Waals surface area contributed by atoms with Gasteiger partial charge < -0.3 is 4.57 Å². The second-order valence-electron chi connectivity index (χ2n) is 5.38. The van der Waals surface area contributed by atoms with Crippen molar-refractivity contribution in [3.05, 3.63) is 40.1 Å². The Morgan fingerprint density at radius 3 is 2.63 bits per heavy atom. The topological polar surface area (TPSA) is 4.93 Å². The Bertz CT molecular complexity index is 664. The minimum absolute atomic E-state index is 0.520. The van der Waals surface area contributed by atoms with Crippen LogP contribution in [0.3, 0.4) is 0 Å². The molecule has 0 bridgehead atoms.